The predicted octanol–water partition coefficient (Wildman–Crippen LogP) is 3.17. The summed E-state index contributed by atoms with van der Waals surface area (Å²) >= 11 is 1.22. The van der Waals surface area contributed by atoms with Gasteiger partial charge in [0.1, 0.15) is 0 Å². The third kappa shape index (κ3) is 6.45. The number of nitrogens with two attached hydrogens (primary N) is 1. The van der Waals surface area contributed by atoms with E-state index in [1.54, 1.807) is 42.5 Å². The summed E-state index contributed by atoms with van der Waals surface area (Å²) in [5.41, 5.74) is 5.34. The van der Waals surface area contributed by atoms with Gasteiger partial charge in [0.25, 0.3) is 11.8 Å². The molecule has 0 fully saturated rings. The van der Waals surface area contributed by atoms with Crippen molar-refractivity contribution < 1.29 is 34.2 Å². The summed E-state index contributed by atoms with van der Waals surface area (Å²) in [6.45, 7) is 0. The van der Waals surface area contributed by atoms with Crippen LogP contribution in [0.3, 0.4) is 0 Å². The Morgan fingerprint density at radius 1 is 0.771 bits per heavy atom. The van der Waals surface area contributed by atoms with Crippen molar-refractivity contribution in [3.8, 4) is 0 Å². The van der Waals surface area contributed by atoms with Gasteiger partial charge in [-0.2, -0.15) is 0 Å². The van der Waals surface area contributed by atoms with E-state index in [4.69, 9.17) is 10.8 Å². The van der Waals surface area contributed by atoms with Crippen LogP contribution in [0.4, 0.5) is 11.4 Å². The van der Waals surface area contributed by atoms with Crippen molar-refractivity contribution in [1.29, 1.82) is 0 Å². The van der Waals surface area contributed by atoms with Crippen LogP contribution in [-0.2, 0) is 4.79 Å². The molecule has 3 amide bonds. The van der Waals surface area contributed by atoms with Gasteiger partial charge in [-0.05, 0) is 54.6 Å². The van der Waals surface area contributed by atoms with Crippen LogP contribution in [0.5, 0.6) is 0 Å². The normalized spacial score (nSPS) is 10.3. The summed E-state index contributed by atoms with van der Waals surface area (Å²) in [5, 5.41) is 23.6. The first-order valence-electron chi connectivity index (χ1n) is 9.99. The molecular formula is C24H19N3O7S. The van der Waals surface area contributed by atoms with Gasteiger partial charge in [0.2, 0.25) is 5.91 Å². The van der Waals surface area contributed by atoms with Crippen LogP contribution >= 0.6 is 11.8 Å². The van der Waals surface area contributed by atoms with Crippen LogP contribution in [0.2, 0.25) is 0 Å². The summed E-state index contributed by atoms with van der Waals surface area (Å²) in [4.78, 5) is 59.5. The van der Waals surface area contributed by atoms with Gasteiger partial charge in [-0.3, -0.25) is 14.4 Å². The zero-order valence-corrected chi connectivity index (χ0v) is 18.8. The fraction of sp³-hybridized carbons (Fsp3) is 0.0417. The van der Waals surface area contributed by atoms with Gasteiger partial charge in [0.05, 0.1) is 33.7 Å². The Labute approximate surface area is 203 Å². The van der Waals surface area contributed by atoms with E-state index in [0.717, 1.165) is 23.1 Å². The maximum Gasteiger partial charge on any atom is 0.336 e. The van der Waals surface area contributed by atoms with E-state index in [2.05, 4.69) is 10.6 Å². The molecule has 3 aromatic rings. The first-order valence-corrected chi connectivity index (χ1v) is 11.0. The highest BCUT2D eigenvalue weighted by Gasteiger charge is 2.19. The third-order valence-corrected chi connectivity index (χ3v) is 5.70. The molecule has 0 spiro atoms. The second kappa shape index (κ2) is 11.0. The molecule has 0 atom stereocenters. The summed E-state index contributed by atoms with van der Waals surface area (Å²) in [6, 6.07) is 16.1. The SMILES string of the molecule is NC(=O)c1ccccc1NC(=O)CSc1ccc(NC(=O)c2ccc(C(=O)O)cc2C(=O)O)cc1. The highest BCUT2D eigenvalue weighted by Crippen LogP contribution is 2.22. The van der Waals surface area contributed by atoms with Crippen molar-refractivity contribution in [2.75, 3.05) is 16.4 Å². The second-order valence-corrected chi connectivity index (χ2v) is 8.14. The van der Waals surface area contributed by atoms with Crippen LogP contribution in [0.25, 0.3) is 0 Å². The minimum absolute atomic E-state index is 0.0523. The standard InChI is InChI=1S/C24H19N3O7S/c25-21(29)17-3-1-2-4-19(17)27-20(28)12-35-15-8-6-14(7-9-15)26-22(30)16-10-5-13(23(31)32)11-18(16)24(33)34/h1-11H,12H2,(H2,25,29)(H,26,30)(H,27,28)(H,31,32)(H,33,34). The van der Waals surface area contributed by atoms with Crippen LogP contribution in [0.15, 0.2) is 71.6 Å². The van der Waals surface area contributed by atoms with E-state index in [0.29, 0.717) is 11.4 Å². The Kier molecular flexibility index (Phi) is 7.85. The third-order valence-electron chi connectivity index (χ3n) is 4.69. The van der Waals surface area contributed by atoms with Gasteiger partial charge in [0, 0.05) is 10.6 Å². The Balaban J connectivity index is 1.61. The molecule has 0 saturated heterocycles. The molecule has 3 aromatic carbocycles. The lowest BCUT2D eigenvalue weighted by Crippen LogP contribution is -2.19. The number of rotatable bonds is 9. The summed E-state index contributed by atoms with van der Waals surface area (Å²) in [6.07, 6.45) is 0. The van der Waals surface area contributed by atoms with Crippen LogP contribution in [-0.4, -0.2) is 45.6 Å². The lowest BCUT2D eigenvalue weighted by Gasteiger charge is -2.10. The first-order chi connectivity index (χ1) is 16.7. The van der Waals surface area contributed by atoms with Crippen molar-refractivity contribution in [1.82, 2.24) is 0 Å². The molecule has 11 heteroatoms. The number of para-hydroxylation sites is 1. The van der Waals surface area contributed by atoms with Crippen molar-refractivity contribution in [2.24, 2.45) is 5.73 Å². The molecule has 178 valence electrons. The van der Waals surface area contributed by atoms with E-state index >= 15 is 0 Å². The number of carbonyl (C=O) groups is 5. The second-order valence-electron chi connectivity index (χ2n) is 7.10. The Morgan fingerprint density at radius 2 is 1.46 bits per heavy atom. The molecule has 10 nitrogen and oxygen atoms in total. The van der Waals surface area contributed by atoms with E-state index in [1.807, 2.05) is 0 Å². The van der Waals surface area contributed by atoms with Gasteiger partial charge in [-0.1, -0.05) is 12.1 Å². The van der Waals surface area contributed by atoms with Crippen molar-refractivity contribution in [2.45, 2.75) is 4.90 Å². The number of amides is 3. The molecule has 0 radical (unpaired) electrons. The lowest BCUT2D eigenvalue weighted by molar-refractivity contribution is -0.113. The Bertz CT molecular complexity index is 1320. The number of primary amides is 1. The largest absolute Gasteiger partial charge is 0.478 e. The summed E-state index contributed by atoms with van der Waals surface area (Å²) in [5.74, 6) is -4.39. The number of nitrogens with one attached hydrogen (secondary N) is 2. The van der Waals surface area contributed by atoms with Gasteiger partial charge in [-0.15, -0.1) is 11.8 Å². The number of benzene rings is 3. The minimum atomic E-state index is -1.43. The molecule has 0 bridgehead atoms. The van der Waals surface area contributed by atoms with E-state index in [-0.39, 0.29) is 28.4 Å². The molecule has 0 aliphatic carbocycles. The number of carboxylic acids is 2. The van der Waals surface area contributed by atoms with Crippen LogP contribution in [0, 0.1) is 0 Å². The summed E-state index contributed by atoms with van der Waals surface area (Å²) < 4.78 is 0. The topological polar surface area (TPSA) is 176 Å². The molecule has 0 unspecified atom stereocenters. The van der Waals surface area contributed by atoms with Gasteiger partial charge < -0.3 is 26.6 Å². The first kappa shape index (κ1) is 25.0. The number of carbonyl (C=O) groups excluding carboxylic acids is 3. The fourth-order valence-corrected chi connectivity index (χ4v) is 3.73. The number of aromatic carboxylic acids is 2. The average molecular weight is 493 g/mol. The predicted molar refractivity (Wildman–Crippen MR) is 129 cm³/mol. The number of thioether (sulfide) groups is 1. The average Bonchev–Trinajstić information content (AvgIpc) is 2.83. The molecule has 0 aliphatic rings. The quantitative estimate of drug-likeness (QED) is 0.282. The van der Waals surface area contributed by atoms with Crippen molar-refractivity contribution in [3.63, 3.8) is 0 Å². The number of hydrogen-bond acceptors (Lipinski definition) is 6. The van der Waals surface area contributed by atoms with Crippen molar-refractivity contribution >= 4 is 52.8 Å². The summed E-state index contributed by atoms with van der Waals surface area (Å²) in [7, 11) is 0. The number of carboxylic acid groups (broad SMARTS) is 2. The molecule has 35 heavy (non-hydrogen) atoms. The molecule has 0 saturated carbocycles. The highest BCUT2D eigenvalue weighted by molar-refractivity contribution is 8.00. The van der Waals surface area contributed by atoms with E-state index in [9.17, 15) is 29.1 Å². The number of hydrogen-bond donors (Lipinski definition) is 5. The van der Waals surface area contributed by atoms with Gasteiger partial charge in [0.15, 0.2) is 0 Å². The highest BCUT2D eigenvalue weighted by atomic mass is 32.2. The van der Waals surface area contributed by atoms with Crippen LogP contribution in [0.1, 0.15) is 41.4 Å². The van der Waals surface area contributed by atoms with E-state index < -0.39 is 29.3 Å². The van der Waals surface area contributed by atoms with Crippen molar-refractivity contribution in [3.05, 3.63) is 89.0 Å². The zero-order valence-electron chi connectivity index (χ0n) is 18.0. The van der Waals surface area contributed by atoms with Gasteiger partial charge >= 0.3 is 11.9 Å². The molecule has 3 rings (SSSR count). The maximum atomic E-state index is 12.6. The van der Waals surface area contributed by atoms with Gasteiger partial charge in [-0.25, -0.2) is 9.59 Å². The minimum Gasteiger partial charge on any atom is -0.478 e. The fourth-order valence-electron chi connectivity index (χ4n) is 3.03. The monoisotopic (exact) mass is 493 g/mol. The maximum absolute atomic E-state index is 12.6. The molecule has 0 aromatic heterocycles. The molecular weight excluding hydrogens is 474 g/mol. The molecule has 6 N–H and O–H groups in total. The number of anilines is 2. The smallest absolute Gasteiger partial charge is 0.336 e. The molecule has 0 heterocycles. The van der Waals surface area contributed by atoms with E-state index in [1.165, 1.54) is 17.8 Å². The molecule has 0 aliphatic heterocycles. The Hall–Kier alpha value is -4.64. The zero-order chi connectivity index (χ0) is 25.5. The lowest BCUT2D eigenvalue weighted by atomic mass is 10.0. The Morgan fingerprint density at radius 3 is 2.09 bits per heavy atom. The van der Waals surface area contributed by atoms with Crippen LogP contribution < -0.4 is 16.4 Å².